The fourth-order valence-electron chi connectivity index (χ4n) is 0.937. The molecule has 0 saturated carbocycles. The van der Waals surface area contributed by atoms with E-state index in [1.165, 1.54) is 0 Å². The van der Waals surface area contributed by atoms with Crippen LogP contribution in [0.25, 0.3) is 0 Å². The zero-order valence-electron chi connectivity index (χ0n) is 8.64. The van der Waals surface area contributed by atoms with Crippen LogP contribution in [0.5, 0.6) is 0 Å². The summed E-state index contributed by atoms with van der Waals surface area (Å²) >= 11 is 0. The second kappa shape index (κ2) is 6.88. The van der Waals surface area contributed by atoms with E-state index in [0.29, 0.717) is 13.0 Å². The maximum atomic E-state index is 9.61. The van der Waals surface area contributed by atoms with Crippen LogP contribution in [0.3, 0.4) is 0 Å². The molecule has 3 nitrogen and oxygen atoms in total. The second-order valence-electron chi connectivity index (χ2n) is 3.64. The first kappa shape index (κ1) is 12.4. The molecule has 0 aromatic rings. The Bertz CT molecular complexity index is 161. The van der Waals surface area contributed by atoms with E-state index in [-0.39, 0.29) is 0 Å². The third-order valence-electron chi connectivity index (χ3n) is 2.16. The van der Waals surface area contributed by atoms with Gasteiger partial charge in [0.15, 0.2) is 0 Å². The summed E-state index contributed by atoms with van der Waals surface area (Å²) in [7, 11) is 0. The molecule has 3 heteroatoms. The molecule has 0 aromatic heterocycles. The van der Waals surface area contributed by atoms with Crippen molar-refractivity contribution in [3.8, 4) is 6.07 Å². The van der Waals surface area contributed by atoms with Crippen LogP contribution in [0.2, 0.25) is 0 Å². The highest BCUT2D eigenvalue weighted by atomic mass is 16.3. The van der Waals surface area contributed by atoms with E-state index >= 15 is 0 Å². The maximum absolute atomic E-state index is 9.61. The van der Waals surface area contributed by atoms with Gasteiger partial charge in [-0.25, -0.2) is 0 Å². The normalized spacial score (nSPS) is 14.9. The number of rotatable bonds is 7. The van der Waals surface area contributed by atoms with Gasteiger partial charge in [-0.1, -0.05) is 6.92 Å². The summed E-state index contributed by atoms with van der Waals surface area (Å²) in [5, 5.41) is 21.1. The molecule has 0 rings (SSSR count). The number of hydrogen-bond donors (Lipinski definition) is 2. The quantitative estimate of drug-likeness (QED) is 0.588. The molecule has 1 unspecified atom stereocenters. The largest absolute Gasteiger partial charge is 0.389 e. The second-order valence-corrected chi connectivity index (χ2v) is 3.64. The number of unbranched alkanes of at least 4 members (excludes halogenated alkanes) is 2. The molecule has 0 bridgehead atoms. The van der Waals surface area contributed by atoms with Gasteiger partial charge in [0.2, 0.25) is 0 Å². The van der Waals surface area contributed by atoms with Crippen LogP contribution >= 0.6 is 0 Å². The highest BCUT2D eigenvalue weighted by molar-refractivity contribution is 4.73. The predicted molar refractivity (Wildman–Crippen MR) is 53.2 cm³/mol. The van der Waals surface area contributed by atoms with E-state index in [0.717, 1.165) is 25.8 Å². The Morgan fingerprint density at radius 3 is 2.69 bits per heavy atom. The number of hydrogen-bond acceptors (Lipinski definition) is 3. The van der Waals surface area contributed by atoms with Crippen LogP contribution in [-0.4, -0.2) is 23.8 Å². The van der Waals surface area contributed by atoms with Gasteiger partial charge in [-0.15, -0.1) is 0 Å². The van der Waals surface area contributed by atoms with Crippen molar-refractivity contribution in [3.05, 3.63) is 0 Å². The van der Waals surface area contributed by atoms with Crippen LogP contribution in [0.15, 0.2) is 0 Å². The number of nitrogens with zero attached hydrogens (tertiary/aromatic N) is 1. The van der Waals surface area contributed by atoms with Crippen molar-refractivity contribution in [2.75, 3.05) is 13.1 Å². The Morgan fingerprint density at radius 1 is 1.46 bits per heavy atom. The standard InChI is InChI=1S/C10H20N2O/c1-3-10(2,13)9-12-8-6-4-5-7-11/h12-13H,3-6,8-9H2,1-2H3. The third kappa shape index (κ3) is 7.76. The Morgan fingerprint density at radius 2 is 2.15 bits per heavy atom. The lowest BCUT2D eigenvalue weighted by Gasteiger charge is -2.21. The molecule has 0 heterocycles. The first-order chi connectivity index (χ1) is 6.12. The molecule has 0 aliphatic rings. The van der Waals surface area contributed by atoms with Crippen molar-refractivity contribution >= 4 is 0 Å². The number of nitrogens with one attached hydrogen (secondary N) is 1. The molecular weight excluding hydrogens is 164 g/mol. The van der Waals surface area contributed by atoms with Crippen molar-refractivity contribution in [1.29, 1.82) is 5.26 Å². The van der Waals surface area contributed by atoms with Crippen molar-refractivity contribution in [1.82, 2.24) is 5.32 Å². The lowest BCUT2D eigenvalue weighted by molar-refractivity contribution is 0.0560. The van der Waals surface area contributed by atoms with Crippen molar-refractivity contribution in [2.24, 2.45) is 0 Å². The summed E-state index contributed by atoms with van der Waals surface area (Å²) in [6.07, 6.45) is 3.34. The van der Waals surface area contributed by atoms with Crippen LogP contribution < -0.4 is 5.32 Å². The lowest BCUT2D eigenvalue weighted by atomic mass is 10.0. The monoisotopic (exact) mass is 184 g/mol. The SMILES string of the molecule is CCC(C)(O)CNCCCCC#N. The Kier molecular flexibility index (Phi) is 6.56. The summed E-state index contributed by atoms with van der Waals surface area (Å²) in [5.74, 6) is 0. The van der Waals surface area contributed by atoms with Gasteiger partial charge >= 0.3 is 0 Å². The zero-order chi connectivity index (χ0) is 10.2. The minimum absolute atomic E-state index is 0.588. The molecule has 0 spiro atoms. The number of nitriles is 1. The molecule has 0 fully saturated rings. The van der Waals surface area contributed by atoms with Crippen molar-refractivity contribution < 1.29 is 5.11 Å². The molecule has 0 aliphatic carbocycles. The van der Waals surface area contributed by atoms with E-state index in [9.17, 15) is 5.11 Å². The van der Waals surface area contributed by atoms with Crippen molar-refractivity contribution in [2.45, 2.75) is 45.1 Å². The molecule has 13 heavy (non-hydrogen) atoms. The average molecular weight is 184 g/mol. The molecular formula is C10H20N2O. The molecule has 0 aliphatic heterocycles. The zero-order valence-corrected chi connectivity index (χ0v) is 8.64. The van der Waals surface area contributed by atoms with E-state index in [1.807, 2.05) is 13.8 Å². The van der Waals surface area contributed by atoms with Crippen LogP contribution in [-0.2, 0) is 0 Å². The molecule has 0 saturated heterocycles. The molecule has 0 radical (unpaired) electrons. The maximum Gasteiger partial charge on any atom is 0.0740 e. The molecule has 2 N–H and O–H groups in total. The highest BCUT2D eigenvalue weighted by Gasteiger charge is 2.15. The Balaban J connectivity index is 3.22. The third-order valence-corrected chi connectivity index (χ3v) is 2.16. The molecule has 0 amide bonds. The van der Waals surface area contributed by atoms with E-state index in [4.69, 9.17) is 5.26 Å². The first-order valence-corrected chi connectivity index (χ1v) is 4.92. The fraction of sp³-hybridized carbons (Fsp3) is 0.900. The van der Waals surface area contributed by atoms with E-state index in [1.54, 1.807) is 0 Å². The van der Waals surface area contributed by atoms with Gasteiger partial charge in [0.05, 0.1) is 11.7 Å². The molecule has 1 atom stereocenters. The molecule has 0 aromatic carbocycles. The van der Waals surface area contributed by atoms with Crippen LogP contribution in [0, 0.1) is 11.3 Å². The minimum Gasteiger partial charge on any atom is -0.389 e. The van der Waals surface area contributed by atoms with Gasteiger partial charge in [0.25, 0.3) is 0 Å². The molecule has 76 valence electrons. The predicted octanol–water partition coefficient (Wildman–Crippen LogP) is 1.43. The summed E-state index contributed by atoms with van der Waals surface area (Å²) in [6.45, 7) is 5.32. The summed E-state index contributed by atoms with van der Waals surface area (Å²) < 4.78 is 0. The average Bonchev–Trinajstić information content (AvgIpc) is 2.11. The van der Waals surface area contributed by atoms with Gasteiger partial charge in [0.1, 0.15) is 0 Å². The summed E-state index contributed by atoms with van der Waals surface area (Å²) in [6, 6.07) is 2.11. The topological polar surface area (TPSA) is 56.0 Å². The van der Waals surface area contributed by atoms with E-state index < -0.39 is 5.60 Å². The van der Waals surface area contributed by atoms with Gasteiger partial charge in [-0.3, -0.25) is 0 Å². The summed E-state index contributed by atoms with van der Waals surface area (Å²) in [4.78, 5) is 0. The smallest absolute Gasteiger partial charge is 0.0740 e. The Labute approximate surface area is 80.8 Å². The van der Waals surface area contributed by atoms with Gasteiger partial charge in [-0.05, 0) is 32.7 Å². The van der Waals surface area contributed by atoms with Gasteiger partial charge < -0.3 is 10.4 Å². The minimum atomic E-state index is -0.588. The fourth-order valence-corrected chi connectivity index (χ4v) is 0.937. The first-order valence-electron chi connectivity index (χ1n) is 4.92. The van der Waals surface area contributed by atoms with Crippen molar-refractivity contribution in [3.63, 3.8) is 0 Å². The number of aliphatic hydroxyl groups is 1. The Hall–Kier alpha value is -0.590. The summed E-state index contributed by atoms with van der Waals surface area (Å²) in [5.41, 5.74) is -0.588. The lowest BCUT2D eigenvalue weighted by Crippen LogP contribution is -2.37. The van der Waals surface area contributed by atoms with Gasteiger partial charge in [0, 0.05) is 13.0 Å². The highest BCUT2D eigenvalue weighted by Crippen LogP contribution is 2.05. The van der Waals surface area contributed by atoms with E-state index in [2.05, 4.69) is 11.4 Å². The van der Waals surface area contributed by atoms with Gasteiger partial charge in [-0.2, -0.15) is 5.26 Å². The van der Waals surface area contributed by atoms with Crippen LogP contribution in [0.1, 0.15) is 39.5 Å². The van der Waals surface area contributed by atoms with Crippen LogP contribution in [0.4, 0.5) is 0 Å².